The van der Waals surface area contributed by atoms with E-state index in [0.29, 0.717) is 5.69 Å². The Morgan fingerprint density at radius 1 is 1.08 bits per heavy atom. The number of benzene rings is 1. The molecule has 0 spiro atoms. The number of hydrogen-bond acceptors (Lipinski definition) is 7. The highest BCUT2D eigenvalue weighted by Gasteiger charge is 2.19. The third-order valence-corrected chi connectivity index (χ3v) is 4.58. The minimum atomic E-state index is -0.431. The Kier molecular flexibility index (Phi) is 5.58. The first-order valence-electron chi connectivity index (χ1n) is 9.01. The molecular weight excluding hydrogens is 328 g/mol. The van der Waals surface area contributed by atoms with E-state index >= 15 is 0 Å². The number of anilines is 2. The van der Waals surface area contributed by atoms with Crippen molar-refractivity contribution in [3.63, 3.8) is 0 Å². The molecule has 7 nitrogen and oxygen atoms in total. The van der Waals surface area contributed by atoms with E-state index in [9.17, 15) is 0 Å². The fourth-order valence-corrected chi connectivity index (χ4v) is 3.07. The molecule has 0 bridgehead atoms. The summed E-state index contributed by atoms with van der Waals surface area (Å²) < 4.78 is 5.77. The van der Waals surface area contributed by atoms with Crippen LogP contribution < -0.4 is 21.1 Å². The van der Waals surface area contributed by atoms with Crippen LogP contribution in [0.3, 0.4) is 0 Å². The molecule has 4 N–H and O–H groups in total. The molecule has 1 unspecified atom stereocenters. The summed E-state index contributed by atoms with van der Waals surface area (Å²) in [5.41, 5.74) is 14.8. The van der Waals surface area contributed by atoms with Crippen LogP contribution >= 0.6 is 0 Å². The Bertz CT molecular complexity index is 743. The smallest absolute Gasteiger partial charge is 0.132 e. The van der Waals surface area contributed by atoms with Gasteiger partial charge in [-0.1, -0.05) is 0 Å². The monoisotopic (exact) mass is 356 g/mol. The zero-order chi connectivity index (χ0) is 18.7. The lowest BCUT2D eigenvalue weighted by Gasteiger charge is -2.33. The summed E-state index contributed by atoms with van der Waals surface area (Å²) in [6.07, 6.45) is 1.67. The van der Waals surface area contributed by atoms with Gasteiger partial charge in [0.15, 0.2) is 0 Å². The number of aromatic nitrogens is 2. The van der Waals surface area contributed by atoms with Crippen LogP contribution in [0, 0.1) is 0 Å². The van der Waals surface area contributed by atoms with Gasteiger partial charge in [0.25, 0.3) is 0 Å². The van der Waals surface area contributed by atoms with E-state index in [1.54, 1.807) is 6.33 Å². The van der Waals surface area contributed by atoms with Crippen molar-refractivity contribution in [3.05, 3.63) is 41.9 Å². The van der Waals surface area contributed by atoms with Crippen molar-refractivity contribution in [1.82, 2.24) is 14.9 Å². The van der Waals surface area contributed by atoms with E-state index < -0.39 is 6.04 Å². The summed E-state index contributed by atoms with van der Waals surface area (Å²) >= 11 is 0. The van der Waals surface area contributed by atoms with Crippen LogP contribution in [0.15, 0.2) is 30.6 Å². The van der Waals surface area contributed by atoms with Crippen molar-refractivity contribution in [2.24, 2.45) is 5.73 Å². The van der Waals surface area contributed by atoms with Crippen LogP contribution in [0.2, 0.25) is 0 Å². The minimum Gasteiger partial charge on any atom is -0.491 e. The predicted molar refractivity (Wildman–Crippen MR) is 104 cm³/mol. The SMILES string of the molecule is CC(C)Oc1ccc(N)c(C(N)c2cc(N3CCN(C)CC3)ncn2)c1. The molecule has 26 heavy (non-hydrogen) atoms. The molecule has 0 saturated carbocycles. The molecule has 1 fully saturated rings. The lowest BCUT2D eigenvalue weighted by Crippen LogP contribution is -2.44. The van der Waals surface area contributed by atoms with Gasteiger partial charge in [0, 0.05) is 43.5 Å². The fraction of sp³-hybridized carbons (Fsp3) is 0.474. The van der Waals surface area contributed by atoms with Gasteiger partial charge in [0.2, 0.25) is 0 Å². The molecule has 0 radical (unpaired) electrons. The van der Waals surface area contributed by atoms with Crippen molar-refractivity contribution < 1.29 is 4.74 Å². The van der Waals surface area contributed by atoms with Gasteiger partial charge in [-0.2, -0.15) is 0 Å². The largest absolute Gasteiger partial charge is 0.491 e. The molecule has 7 heteroatoms. The van der Waals surface area contributed by atoms with Gasteiger partial charge in [0.1, 0.15) is 17.9 Å². The number of piperazine rings is 1. The Morgan fingerprint density at radius 3 is 2.50 bits per heavy atom. The first kappa shape index (κ1) is 18.4. The van der Waals surface area contributed by atoms with Gasteiger partial charge in [-0.25, -0.2) is 9.97 Å². The number of likely N-dealkylation sites (N-methyl/N-ethyl adjacent to an activating group) is 1. The second-order valence-corrected chi connectivity index (χ2v) is 7.03. The van der Waals surface area contributed by atoms with Crippen LogP contribution in [-0.2, 0) is 0 Å². The highest BCUT2D eigenvalue weighted by atomic mass is 16.5. The average Bonchev–Trinajstić information content (AvgIpc) is 2.63. The number of hydrogen-bond donors (Lipinski definition) is 2. The Balaban J connectivity index is 1.84. The van der Waals surface area contributed by atoms with Crippen molar-refractivity contribution in [2.45, 2.75) is 26.0 Å². The summed E-state index contributed by atoms with van der Waals surface area (Å²) in [4.78, 5) is 13.4. The zero-order valence-corrected chi connectivity index (χ0v) is 15.7. The van der Waals surface area contributed by atoms with Gasteiger partial charge < -0.3 is 26.0 Å². The average molecular weight is 356 g/mol. The van der Waals surface area contributed by atoms with Crippen LogP contribution in [0.4, 0.5) is 11.5 Å². The molecule has 1 aromatic carbocycles. The second-order valence-electron chi connectivity index (χ2n) is 7.03. The number of ether oxygens (including phenoxy) is 1. The first-order valence-corrected chi connectivity index (χ1v) is 9.01. The van der Waals surface area contributed by atoms with E-state index in [1.807, 2.05) is 38.1 Å². The number of nitrogens with two attached hydrogens (primary N) is 2. The summed E-state index contributed by atoms with van der Waals surface area (Å²) in [5, 5.41) is 0. The highest BCUT2D eigenvalue weighted by molar-refractivity contribution is 5.54. The van der Waals surface area contributed by atoms with E-state index in [-0.39, 0.29) is 6.10 Å². The van der Waals surface area contributed by atoms with Crippen molar-refractivity contribution in [3.8, 4) is 5.75 Å². The maximum Gasteiger partial charge on any atom is 0.132 e. The molecule has 1 aromatic heterocycles. The molecular formula is C19H28N6O. The highest BCUT2D eigenvalue weighted by Crippen LogP contribution is 2.29. The van der Waals surface area contributed by atoms with E-state index in [0.717, 1.165) is 49.0 Å². The topological polar surface area (TPSA) is 93.5 Å². The van der Waals surface area contributed by atoms with Crippen LogP contribution in [0.5, 0.6) is 5.75 Å². The molecule has 1 aliphatic heterocycles. The molecule has 140 valence electrons. The van der Waals surface area contributed by atoms with Gasteiger partial charge in [-0.15, -0.1) is 0 Å². The normalized spacial score (nSPS) is 16.7. The fourth-order valence-electron chi connectivity index (χ4n) is 3.07. The predicted octanol–water partition coefficient (Wildman–Crippen LogP) is 1.65. The summed E-state index contributed by atoms with van der Waals surface area (Å²) in [7, 11) is 2.13. The summed E-state index contributed by atoms with van der Waals surface area (Å²) in [5.74, 6) is 1.67. The molecule has 1 atom stereocenters. The van der Waals surface area contributed by atoms with Crippen molar-refractivity contribution >= 4 is 11.5 Å². The Hall–Kier alpha value is -2.38. The third-order valence-electron chi connectivity index (χ3n) is 4.58. The van der Waals surface area contributed by atoms with Crippen LogP contribution in [0.25, 0.3) is 0 Å². The van der Waals surface area contributed by atoms with E-state index in [2.05, 4.69) is 26.8 Å². The standard InChI is InChI=1S/C19H28N6O/c1-13(2)26-14-4-5-16(20)15(10-14)19(21)17-11-18(23-12-22-17)25-8-6-24(3)7-9-25/h4-5,10-13,19H,6-9,20-21H2,1-3H3. The third kappa shape index (κ3) is 4.23. The molecule has 0 aliphatic carbocycles. The van der Waals surface area contributed by atoms with Gasteiger partial charge in [0.05, 0.1) is 17.8 Å². The zero-order valence-electron chi connectivity index (χ0n) is 15.7. The number of nitrogens with zero attached hydrogens (tertiary/aromatic N) is 4. The molecule has 1 aliphatic rings. The van der Waals surface area contributed by atoms with Crippen LogP contribution in [-0.4, -0.2) is 54.2 Å². The lowest BCUT2D eigenvalue weighted by atomic mass is 10.0. The summed E-state index contributed by atoms with van der Waals surface area (Å²) in [6, 6.07) is 7.12. The molecule has 2 aromatic rings. The maximum atomic E-state index is 6.48. The minimum absolute atomic E-state index is 0.0885. The number of rotatable bonds is 5. The molecule has 1 saturated heterocycles. The molecule has 0 amide bonds. The second kappa shape index (κ2) is 7.88. The van der Waals surface area contributed by atoms with E-state index in [1.165, 1.54) is 0 Å². The van der Waals surface area contributed by atoms with Gasteiger partial charge in [-0.3, -0.25) is 0 Å². The quantitative estimate of drug-likeness (QED) is 0.787. The van der Waals surface area contributed by atoms with E-state index in [4.69, 9.17) is 16.2 Å². The van der Waals surface area contributed by atoms with Crippen LogP contribution in [0.1, 0.15) is 31.1 Å². The number of nitrogen functional groups attached to an aromatic ring is 1. The maximum absolute atomic E-state index is 6.48. The molecule has 2 heterocycles. The van der Waals surface area contributed by atoms with Crippen molar-refractivity contribution in [1.29, 1.82) is 0 Å². The van der Waals surface area contributed by atoms with Gasteiger partial charge >= 0.3 is 0 Å². The Labute approximate surface area is 155 Å². The molecule has 3 rings (SSSR count). The lowest BCUT2D eigenvalue weighted by molar-refractivity contribution is 0.242. The first-order chi connectivity index (χ1) is 12.4. The van der Waals surface area contributed by atoms with Crippen molar-refractivity contribution in [2.75, 3.05) is 43.9 Å². The summed E-state index contributed by atoms with van der Waals surface area (Å²) in [6.45, 7) is 7.91. The Morgan fingerprint density at radius 2 is 1.81 bits per heavy atom. The van der Waals surface area contributed by atoms with Gasteiger partial charge in [-0.05, 0) is 39.1 Å².